The van der Waals surface area contributed by atoms with Gasteiger partial charge in [0.15, 0.2) is 0 Å². The lowest BCUT2D eigenvalue weighted by Gasteiger charge is -2.04. The van der Waals surface area contributed by atoms with Gasteiger partial charge in [0.25, 0.3) is 0 Å². The highest BCUT2D eigenvalue weighted by Gasteiger charge is 2.08. The Balaban J connectivity index is 2.06. The fraction of sp³-hybridized carbons (Fsp3) is 0.0909. The second-order valence-electron chi connectivity index (χ2n) is 3.78. The molecule has 0 saturated carbocycles. The number of nitrogens with one attached hydrogen (secondary N) is 1. The quantitative estimate of drug-likeness (QED) is 0.646. The zero-order chi connectivity index (χ0) is 13.8. The zero-order valence-corrected chi connectivity index (χ0v) is 9.68. The van der Waals surface area contributed by atoms with Crippen molar-refractivity contribution in [2.24, 2.45) is 0 Å². The zero-order valence-electron chi connectivity index (χ0n) is 9.68. The minimum atomic E-state index is -1.13. The van der Waals surface area contributed by atoms with Crippen LogP contribution in [0.1, 0.15) is 5.56 Å². The molecule has 0 fully saturated rings. The van der Waals surface area contributed by atoms with Crippen molar-refractivity contribution in [2.45, 2.75) is 6.54 Å². The molecule has 0 aliphatic carbocycles. The first-order chi connectivity index (χ1) is 9.04. The van der Waals surface area contributed by atoms with Gasteiger partial charge in [-0.05, 0) is 17.7 Å². The molecule has 2 rings (SSSR count). The molecule has 2 aromatic rings. The molecular weight excluding hydrogens is 252 g/mol. The Hall–Kier alpha value is -2.90. The van der Waals surface area contributed by atoms with Gasteiger partial charge in [-0.25, -0.2) is 4.79 Å². The summed E-state index contributed by atoms with van der Waals surface area (Å²) in [6.45, 7) is 0.376. The summed E-state index contributed by atoms with van der Waals surface area (Å²) in [5.74, 6) is 0. The standard InChI is InChI=1S/C11H10N4O4/c16-11(17)13-9-3-1-8(2-4-9)6-14-7-10(5-12-14)15(18)19/h1-5,7,13H,6H2,(H,16,17). The highest BCUT2D eigenvalue weighted by atomic mass is 16.6. The van der Waals surface area contributed by atoms with Gasteiger partial charge in [-0.15, -0.1) is 0 Å². The van der Waals surface area contributed by atoms with Crippen LogP contribution in [0.25, 0.3) is 0 Å². The van der Waals surface area contributed by atoms with Gasteiger partial charge in [0.2, 0.25) is 0 Å². The third-order valence-electron chi connectivity index (χ3n) is 2.38. The Morgan fingerprint density at radius 1 is 1.42 bits per heavy atom. The average molecular weight is 262 g/mol. The Morgan fingerprint density at radius 2 is 2.11 bits per heavy atom. The van der Waals surface area contributed by atoms with Crippen LogP contribution in [0.3, 0.4) is 0 Å². The Kier molecular flexibility index (Phi) is 3.42. The van der Waals surface area contributed by atoms with Crippen LogP contribution in [0, 0.1) is 10.1 Å². The monoisotopic (exact) mass is 262 g/mol. The van der Waals surface area contributed by atoms with Crippen LogP contribution >= 0.6 is 0 Å². The van der Waals surface area contributed by atoms with Crippen molar-refractivity contribution in [1.29, 1.82) is 0 Å². The van der Waals surface area contributed by atoms with Gasteiger partial charge in [0, 0.05) is 5.69 Å². The number of rotatable bonds is 4. The predicted molar refractivity (Wildman–Crippen MR) is 66.1 cm³/mol. The molecule has 0 bridgehead atoms. The molecule has 1 aromatic heterocycles. The van der Waals surface area contributed by atoms with Gasteiger partial charge < -0.3 is 5.11 Å². The van der Waals surface area contributed by atoms with Gasteiger partial charge in [-0.2, -0.15) is 5.10 Å². The molecule has 0 radical (unpaired) electrons. The molecule has 0 unspecified atom stereocenters. The van der Waals surface area contributed by atoms with Crippen molar-refractivity contribution in [2.75, 3.05) is 5.32 Å². The van der Waals surface area contributed by atoms with E-state index in [0.29, 0.717) is 12.2 Å². The molecular formula is C11H10N4O4. The van der Waals surface area contributed by atoms with E-state index < -0.39 is 11.0 Å². The van der Waals surface area contributed by atoms with Crippen LogP contribution in [-0.4, -0.2) is 25.9 Å². The molecule has 0 atom stereocenters. The molecule has 19 heavy (non-hydrogen) atoms. The third kappa shape index (κ3) is 3.28. The Bertz CT molecular complexity index is 605. The van der Waals surface area contributed by atoms with Crippen molar-refractivity contribution in [3.05, 3.63) is 52.3 Å². The normalized spacial score (nSPS) is 10.1. The summed E-state index contributed by atoms with van der Waals surface area (Å²) in [7, 11) is 0. The first kappa shape index (κ1) is 12.6. The highest BCUT2D eigenvalue weighted by Crippen LogP contribution is 2.13. The van der Waals surface area contributed by atoms with E-state index in [4.69, 9.17) is 5.11 Å². The maximum atomic E-state index is 10.5. The minimum absolute atomic E-state index is 0.0656. The van der Waals surface area contributed by atoms with Gasteiger partial charge in [0.05, 0.1) is 11.5 Å². The lowest BCUT2D eigenvalue weighted by atomic mass is 10.2. The van der Waals surface area contributed by atoms with Crippen LogP contribution in [-0.2, 0) is 6.54 Å². The summed E-state index contributed by atoms with van der Waals surface area (Å²) in [4.78, 5) is 20.4. The van der Waals surface area contributed by atoms with Crippen LogP contribution in [0.5, 0.6) is 0 Å². The molecule has 8 heteroatoms. The maximum absolute atomic E-state index is 10.5. The van der Waals surface area contributed by atoms with Gasteiger partial charge >= 0.3 is 11.8 Å². The third-order valence-corrected chi connectivity index (χ3v) is 2.38. The van der Waals surface area contributed by atoms with Crippen molar-refractivity contribution < 1.29 is 14.8 Å². The van der Waals surface area contributed by atoms with E-state index >= 15 is 0 Å². The predicted octanol–water partition coefficient (Wildman–Crippen LogP) is 1.93. The second-order valence-corrected chi connectivity index (χ2v) is 3.78. The number of benzene rings is 1. The molecule has 0 aliphatic heterocycles. The van der Waals surface area contributed by atoms with E-state index in [1.165, 1.54) is 17.1 Å². The number of amides is 1. The maximum Gasteiger partial charge on any atom is 0.409 e. The van der Waals surface area contributed by atoms with Gasteiger partial charge in [-0.1, -0.05) is 12.1 Å². The summed E-state index contributed by atoms with van der Waals surface area (Å²) >= 11 is 0. The number of nitro groups is 1. The van der Waals surface area contributed by atoms with E-state index in [2.05, 4.69) is 10.4 Å². The SMILES string of the molecule is O=C(O)Nc1ccc(Cn2cc([N+](=O)[O-])cn2)cc1. The fourth-order valence-corrected chi connectivity index (χ4v) is 1.54. The number of anilines is 1. The number of hydrogen-bond acceptors (Lipinski definition) is 4. The first-order valence-corrected chi connectivity index (χ1v) is 5.30. The van der Waals surface area contributed by atoms with E-state index in [1.807, 2.05) is 0 Å². The summed E-state index contributed by atoms with van der Waals surface area (Å²) in [5, 5.41) is 25.1. The summed E-state index contributed by atoms with van der Waals surface area (Å²) < 4.78 is 1.44. The van der Waals surface area contributed by atoms with Crippen molar-refractivity contribution >= 4 is 17.5 Å². The molecule has 0 aliphatic rings. The number of carboxylic acid groups (broad SMARTS) is 1. The highest BCUT2D eigenvalue weighted by molar-refractivity contribution is 5.82. The van der Waals surface area contributed by atoms with Crippen molar-refractivity contribution in [3.8, 4) is 0 Å². The number of carbonyl (C=O) groups is 1. The van der Waals surface area contributed by atoms with E-state index in [-0.39, 0.29) is 5.69 Å². The Morgan fingerprint density at radius 3 is 2.63 bits per heavy atom. The van der Waals surface area contributed by atoms with Crippen LogP contribution in [0.15, 0.2) is 36.7 Å². The van der Waals surface area contributed by atoms with Crippen LogP contribution < -0.4 is 5.32 Å². The van der Waals surface area contributed by atoms with Gasteiger partial charge in [-0.3, -0.25) is 20.1 Å². The summed E-state index contributed by atoms with van der Waals surface area (Å²) in [5.41, 5.74) is 1.25. The smallest absolute Gasteiger partial charge is 0.409 e. The average Bonchev–Trinajstić information content (AvgIpc) is 2.80. The fourth-order valence-electron chi connectivity index (χ4n) is 1.54. The second kappa shape index (κ2) is 5.17. The number of nitrogens with zero attached hydrogens (tertiary/aromatic N) is 3. The molecule has 1 heterocycles. The molecule has 8 nitrogen and oxygen atoms in total. The molecule has 0 saturated heterocycles. The topological polar surface area (TPSA) is 110 Å². The molecule has 2 N–H and O–H groups in total. The summed E-state index contributed by atoms with van der Waals surface area (Å²) in [6, 6.07) is 6.67. The number of hydrogen-bond donors (Lipinski definition) is 2. The van der Waals surface area contributed by atoms with Gasteiger partial charge in [0.1, 0.15) is 12.4 Å². The minimum Gasteiger partial charge on any atom is -0.465 e. The molecule has 1 amide bonds. The first-order valence-electron chi connectivity index (χ1n) is 5.30. The number of aromatic nitrogens is 2. The van der Waals surface area contributed by atoms with E-state index in [9.17, 15) is 14.9 Å². The van der Waals surface area contributed by atoms with Crippen molar-refractivity contribution in [3.63, 3.8) is 0 Å². The van der Waals surface area contributed by atoms with E-state index in [0.717, 1.165) is 5.56 Å². The van der Waals surface area contributed by atoms with Crippen molar-refractivity contribution in [1.82, 2.24) is 9.78 Å². The van der Waals surface area contributed by atoms with E-state index in [1.54, 1.807) is 24.3 Å². The summed E-state index contributed by atoms with van der Waals surface area (Å²) in [6.07, 6.45) is 1.39. The molecule has 98 valence electrons. The lowest BCUT2D eigenvalue weighted by molar-refractivity contribution is -0.385. The molecule has 1 aromatic carbocycles. The van der Waals surface area contributed by atoms with Crippen LogP contribution in [0.2, 0.25) is 0 Å². The molecule has 0 spiro atoms. The van der Waals surface area contributed by atoms with Crippen LogP contribution in [0.4, 0.5) is 16.2 Å². The lowest BCUT2D eigenvalue weighted by Crippen LogP contribution is -2.07. The largest absolute Gasteiger partial charge is 0.465 e. The Labute approximate surface area is 107 Å².